The van der Waals surface area contributed by atoms with Crippen LogP contribution in [0.25, 0.3) is 117 Å². The van der Waals surface area contributed by atoms with Crippen LogP contribution in [-0.2, 0) is 0 Å². The normalized spacial score (nSPS) is 12.6. The Kier molecular flexibility index (Phi) is 9.43. The number of para-hydroxylation sites is 4. The van der Waals surface area contributed by atoms with E-state index in [0.717, 1.165) is 105 Å². The topological polar surface area (TPSA) is 65.0 Å². The van der Waals surface area contributed by atoms with Crippen LogP contribution in [0.15, 0.2) is 195 Å². The van der Waals surface area contributed by atoms with Gasteiger partial charge in [0, 0.05) is 49.4 Å². The summed E-state index contributed by atoms with van der Waals surface area (Å²) in [7, 11) is 0. The Hall–Kier alpha value is -7.42. The van der Waals surface area contributed by atoms with E-state index in [9.17, 15) is 0 Å². The predicted octanol–water partition coefficient (Wildman–Crippen LogP) is 15.4. The lowest BCUT2D eigenvalue weighted by atomic mass is 9.94. The van der Waals surface area contributed by atoms with Gasteiger partial charge in [-0.05, 0) is 80.4 Å². The van der Waals surface area contributed by atoms with Gasteiger partial charge in [-0.1, -0.05) is 155 Å². The third-order valence-corrected chi connectivity index (χ3v) is 14.6. The molecule has 0 bridgehead atoms. The summed E-state index contributed by atoms with van der Waals surface area (Å²) in [5, 5.41) is 6.54. The van der Waals surface area contributed by atoms with Crippen molar-refractivity contribution in [2.24, 2.45) is 0 Å². The van der Waals surface area contributed by atoms with E-state index < -0.39 is 18.9 Å². The maximum absolute atomic E-state index is 6.62. The van der Waals surface area contributed by atoms with Crippen molar-refractivity contribution in [3.8, 4) is 56.4 Å². The van der Waals surface area contributed by atoms with Gasteiger partial charge in [-0.15, -0.1) is 18.9 Å². The monoisotopic (exact) mass is 911 g/mol. The number of rotatable bonds is 8. The molecule has 0 aliphatic carbocycles. The quantitative estimate of drug-likeness (QED) is 0.112. The summed E-state index contributed by atoms with van der Waals surface area (Å²) in [6, 6.07) is 58.8. The van der Waals surface area contributed by atoms with Crippen molar-refractivity contribution in [2.45, 2.75) is 6.92 Å². The molecule has 5 nitrogen and oxygen atoms in total. The maximum atomic E-state index is 6.62. The molecule has 0 N–H and O–H groups in total. The zero-order valence-electron chi connectivity index (χ0n) is 33.8. The van der Waals surface area contributed by atoms with Crippen LogP contribution in [0.3, 0.4) is 0 Å². The minimum absolute atomic E-state index is 0.552. The highest BCUT2D eigenvalue weighted by Gasteiger charge is 2.20. The molecule has 0 amide bonds. The Labute approximate surface area is 364 Å². The fourth-order valence-electron chi connectivity index (χ4n) is 8.36. The van der Waals surface area contributed by atoms with E-state index in [1.807, 2.05) is 30.3 Å². The van der Waals surface area contributed by atoms with Crippen LogP contribution in [0.5, 0.6) is 0 Å². The number of nitrogens with zero attached hydrogens (tertiary/aromatic N) is 3. The molecule has 0 unspecified atom stereocenters. The molecule has 0 aliphatic heterocycles. The van der Waals surface area contributed by atoms with Crippen LogP contribution in [0, 0.1) is 0 Å². The van der Waals surface area contributed by atoms with Gasteiger partial charge < -0.3 is 8.83 Å². The van der Waals surface area contributed by atoms with E-state index in [0.29, 0.717) is 17.5 Å². The van der Waals surface area contributed by atoms with E-state index in [2.05, 4.69) is 172 Å². The molecule has 0 saturated carbocycles. The van der Waals surface area contributed by atoms with Crippen LogP contribution in [0.4, 0.5) is 0 Å². The standard InChI is InChI=1S/C56H38IN3O2/c1-4-35(34-57(3)5-2)37-24-27-38(28-25-37)54-58-55(40-29-26-36-14-6-7-15-39(36)30-40)60-56(59-54)43-32-41(44-18-12-20-48-46-16-8-10-22-50(46)61-52(44)48)31-42(33-43)45-19-13-21-49-47-17-9-11-23-51(47)62-53(45)49/h4-34H,1,3H2,2H3/b35-34+. The second-order valence-corrected chi connectivity index (χ2v) is 19.6. The fraction of sp³-hybridized carbons (Fsp3) is 0.0179. The van der Waals surface area contributed by atoms with Crippen molar-refractivity contribution in [3.63, 3.8) is 0 Å². The molecule has 0 atom stereocenters. The number of benzene rings is 8. The van der Waals surface area contributed by atoms with E-state index >= 15 is 0 Å². The van der Waals surface area contributed by atoms with Crippen molar-refractivity contribution in [1.82, 2.24) is 15.0 Å². The first-order valence-corrected chi connectivity index (χ1v) is 24.5. The van der Waals surface area contributed by atoms with Crippen molar-refractivity contribution in [2.75, 3.05) is 0 Å². The van der Waals surface area contributed by atoms with Gasteiger partial charge in [0.15, 0.2) is 17.5 Å². The molecule has 11 rings (SSSR count). The third-order valence-electron chi connectivity index (χ3n) is 11.5. The van der Waals surface area contributed by atoms with Crippen molar-refractivity contribution in [3.05, 3.63) is 192 Å². The molecule has 296 valence electrons. The molecular weight excluding hydrogens is 874 g/mol. The van der Waals surface area contributed by atoms with Crippen LogP contribution in [0.1, 0.15) is 12.5 Å². The van der Waals surface area contributed by atoms with Gasteiger partial charge in [0.1, 0.15) is 22.3 Å². The molecule has 62 heavy (non-hydrogen) atoms. The number of halogens is 1. The first-order chi connectivity index (χ1) is 30.5. The fourth-order valence-corrected chi connectivity index (χ4v) is 10.2. The number of hydrogen-bond donors (Lipinski definition) is 0. The Bertz CT molecular complexity index is 3570. The molecule has 0 spiro atoms. The first kappa shape index (κ1) is 37.6. The molecule has 8 aromatic carbocycles. The Morgan fingerprint density at radius 2 is 0.984 bits per heavy atom. The van der Waals surface area contributed by atoms with Crippen LogP contribution < -0.4 is 0 Å². The highest BCUT2D eigenvalue weighted by Crippen LogP contribution is 2.42. The van der Waals surface area contributed by atoms with Gasteiger partial charge in [-0.2, -0.15) is 0 Å². The molecule has 0 saturated heterocycles. The molecule has 6 heteroatoms. The summed E-state index contributed by atoms with van der Waals surface area (Å²) < 4.78 is 22.1. The van der Waals surface area contributed by atoms with E-state index in [1.54, 1.807) is 0 Å². The molecular formula is C56H38IN3O2. The summed E-state index contributed by atoms with van der Waals surface area (Å²) in [5.41, 5.74) is 12.0. The number of aromatic nitrogens is 3. The van der Waals surface area contributed by atoms with Crippen molar-refractivity contribution in [1.29, 1.82) is 0 Å². The largest absolute Gasteiger partial charge is 0.455 e. The second kappa shape index (κ2) is 15.6. The third kappa shape index (κ3) is 6.69. The van der Waals surface area contributed by atoms with Gasteiger partial charge in [0.05, 0.1) is 0 Å². The van der Waals surface area contributed by atoms with E-state index in [4.69, 9.17) is 23.8 Å². The summed E-state index contributed by atoms with van der Waals surface area (Å²) in [4.78, 5) is 15.7. The lowest BCUT2D eigenvalue weighted by Crippen LogP contribution is -2.01. The van der Waals surface area contributed by atoms with Crippen molar-refractivity contribution < 1.29 is 8.83 Å². The summed E-state index contributed by atoms with van der Waals surface area (Å²) >= 11 is -1.53. The van der Waals surface area contributed by atoms with E-state index in [-0.39, 0.29) is 0 Å². The first-order valence-electron chi connectivity index (χ1n) is 20.4. The molecule has 3 aromatic heterocycles. The van der Waals surface area contributed by atoms with Crippen LogP contribution in [-0.4, -0.2) is 23.5 Å². The minimum Gasteiger partial charge on any atom is -0.455 e. The molecule has 0 aliphatic rings. The lowest BCUT2D eigenvalue weighted by molar-refractivity contribution is 0.670. The average Bonchev–Trinajstić information content (AvgIpc) is 3.91. The molecule has 0 fully saturated rings. The Morgan fingerprint density at radius 1 is 0.484 bits per heavy atom. The summed E-state index contributed by atoms with van der Waals surface area (Å²) in [5.74, 6) is 1.71. The zero-order valence-corrected chi connectivity index (χ0v) is 36.0. The molecule has 0 radical (unpaired) electrons. The average molecular weight is 912 g/mol. The van der Waals surface area contributed by atoms with Gasteiger partial charge >= 0.3 is 0 Å². The van der Waals surface area contributed by atoms with Crippen molar-refractivity contribution >= 4 is 87.6 Å². The zero-order chi connectivity index (χ0) is 41.7. The lowest BCUT2D eigenvalue weighted by Gasteiger charge is -2.13. The smallest absolute Gasteiger partial charge is 0.164 e. The van der Waals surface area contributed by atoms with Crippen LogP contribution >= 0.6 is 18.9 Å². The Morgan fingerprint density at radius 3 is 1.58 bits per heavy atom. The summed E-state index contributed by atoms with van der Waals surface area (Å²) in [6.07, 6.45) is 1.91. The number of fused-ring (bicyclic) bond motifs is 7. The van der Waals surface area contributed by atoms with Gasteiger partial charge in [-0.25, -0.2) is 15.0 Å². The predicted molar refractivity (Wildman–Crippen MR) is 270 cm³/mol. The molecule has 3 heterocycles. The minimum atomic E-state index is -1.53. The second-order valence-electron chi connectivity index (χ2n) is 15.2. The maximum Gasteiger partial charge on any atom is 0.164 e. The summed E-state index contributed by atoms with van der Waals surface area (Å²) in [6.45, 7) is 6.18. The van der Waals surface area contributed by atoms with Gasteiger partial charge in [0.2, 0.25) is 0 Å². The van der Waals surface area contributed by atoms with Crippen LogP contribution in [0.2, 0.25) is 0 Å². The Balaban J connectivity index is 1.15. The number of furan rings is 2. The van der Waals surface area contributed by atoms with E-state index in [1.165, 1.54) is 0 Å². The molecule has 11 aromatic rings. The number of allylic oxidation sites excluding steroid dienone is 2. The highest BCUT2D eigenvalue weighted by atomic mass is 127. The SMILES string of the molecule is C=C/C(=C\I(=C)=CC)c1ccc(-c2nc(-c3cc(-c4cccc5c4oc4ccccc45)cc(-c4cccc5c4oc4ccccc45)c3)nc(-c3ccc4ccccc4c3)n2)cc1. The highest BCUT2D eigenvalue weighted by molar-refractivity contribution is 14.2. The number of hydrogen-bond acceptors (Lipinski definition) is 5. The van der Waals surface area contributed by atoms with Gasteiger partial charge in [-0.3, -0.25) is 0 Å². The van der Waals surface area contributed by atoms with Gasteiger partial charge in [0.25, 0.3) is 0 Å².